The number of oxazole rings is 1. The van der Waals surface area contributed by atoms with Gasteiger partial charge in [-0.3, -0.25) is 0 Å². The summed E-state index contributed by atoms with van der Waals surface area (Å²) in [4.78, 5) is 4.22. The summed E-state index contributed by atoms with van der Waals surface area (Å²) < 4.78 is 5.30. The lowest BCUT2D eigenvalue weighted by Gasteiger charge is -2.01. The van der Waals surface area contributed by atoms with Crippen LogP contribution in [0.5, 0.6) is 0 Å². The van der Waals surface area contributed by atoms with Crippen molar-refractivity contribution in [2.75, 3.05) is 0 Å². The highest BCUT2D eigenvalue weighted by molar-refractivity contribution is 6.04. The molecule has 14 heavy (non-hydrogen) atoms. The lowest BCUT2D eigenvalue weighted by Crippen LogP contribution is -1.79. The number of hydrogen-bond donors (Lipinski definition) is 0. The van der Waals surface area contributed by atoms with Crippen LogP contribution in [0.15, 0.2) is 41.1 Å². The number of hydrogen-bond acceptors (Lipinski definition) is 2. The molecular formula is C12H9NO. The summed E-state index contributed by atoms with van der Waals surface area (Å²) in [5.74, 6) is 0. The molecule has 0 amide bonds. The van der Waals surface area contributed by atoms with Crippen LogP contribution in [0, 0.1) is 6.92 Å². The van der Waals surface area contributed by atoms with E-state index in [1.54, 1.807) is 0 Å². The van der Waals surface area contributed by atoms with E-state index in [1.807, 2.05) is 18.2 Å². The zero-order valence-electron chi connectivity index (χ0n) is 7.82. The normalized spacial score (nSPS) is 11.2. The van der Waals surface area contributed by atoms with E-state index in [9.17, 15) is 0 Å². The van der Waals surface area contributed by atoms with Gasteiger partial charge in [-0.1, -0.05) is 24.3 Å². The van der Waals surface area contributed by atoms with Crippen LogP contribution in [0.3, 0.4) is 0 Å². The third-order valence-electron chi connectivity index (χ3n) is 2.55. The lowest BCUT2D eigenvalue weighted by atomic mass is 10.0. The largest absolute Gasteiger partial charge is 0.443 e. The fourth-order valence-electron chi connectivity index (χ4n) is 1.87. The van der Waals surface area contributed by atoms with Crippen molar-refractivity contribution in [3.63, 3.8) is 0 Å². The molecule has 2 nitrogen and oxygen atoms in total. The summed E-state index contributed by atoms with van der Waals surface area (Å²) in [6.45, 7) is 2.09. The smallest absolute Gasteiger partial charge is 0.182 e. The van der Waals surface area contributed by atoms with Gasteiger partial charge in [0.05, 0.1) is 0 Å². The highest BCUT2D eigenvalue weighted by Gasteiger charge is 2.05. The maximum atomic E-state index is 5.30. The second-order valence-electron chi connectivity index (χ2n) is 3.44. The van der Waals surface area contributed by atoms with Crippen LogP contribution in [0.1, 0.15) is 5.56 Å². The molecule has 0 aliphatic heterocycles. The fourth-order valence-corrected chi connectivity index (χ4v) is 1.87. The van der Waals surface area contributed by atoms with Crippen molar-refractivity contribution < 1.29 is 4.42 Å². The quantitative estimate of drug-likeness (QED) is 0.534. The molecule has 1 heterocycles. The highest BCUT2D eigenvalue weighted by atomic mass is 16.3. The molecule has 1 aromatic heterocycles. The van der Waals surface area contributed by atoms with Gasteiger partial charge < -0.3 is 4.42 Å². The van der Waals surface area contributed by atoms with E-state index in [1.165, 1.54) is 17.3 Å². The predicted octanol–water partition coefficient (Wildman–Crippen LogP) is 3.29. The van der Waals surface area contributed by atoms with Gasteiger partial charge in [-0.25, -0.2) is 4.98 Å². The zero-order chi connectivity index (χ0) is 9.54. The Balaban J connectivity index is 2.67. The Morgan fingerprint density at radius 2 is 1.93 bits per heavy atom. The summed E-state index contributed by atoms with van der Waals surface area (Å²) in [5.41, 5.74) is 3.04. The SMILES string of the molecule is Cc1cc2ocnc2c2ccccc12. The average Bonchev–Trinajstić information content (AvgIpc) is 2.66. The van der Waals surface area contributed by atoms with Crippen LogP contribution in [0.2, 0.25) is 0 Å². The molecule has 0 unspecified atom stereocenters. The molecule has 0 bridgehead atoms. The third kappa shape index (κ3) is 0.880. The molecule has 3 aromatic rings. The van der Waals surface area contributed by atoms with Crippen molar-refractivity contribution in [3.8, 4) is 0 Å². The van der Waals surface area contributed by atoms with Crippen molar-refractivity contribution in [2.24, 2.45) is 0 Å². The van der Waals surface area contributed by atoms with E-state index in [0.29, 0.717) is 0 Å². The Kier molecular flexibility index (Phi) is 1.39. The minimum absolute atomic E-state index is 0.862. The number of fused-ring (bicyclic) bond motifs is 3. The molecule has 0 aliphatic rings. The molecule has 0 aliphatic carbocycles. The molecule has 68 valence electrons. The first-order valence-electron chi connectivity index (χ1n) is 4.58. The second-order valence-corrected chi connectivity index (χ2v) is 3.44. The summed E-state index contributed by atoms with van der Waals surface area (Å²) in [6.07, 6.45) is 1.50. The molecule has 0 saturated carbocycles. The molecule has 0 radical (unpaired) electrons. The monoisotopic (exact) mass is 183 g/mol. The summed E-state index contributed by atoms with van der Waals surface area (Å²) >= 11 is 0. The maximum Gasteiger partial charge on any atom is 0.182 e. The van der Waals surface area contributed by atoms with Crippen LogP contribution in [0.4, 0.5) is 0 Å². The van der Waals surface area contributed by atoms with Crippen LogP contribution >= 0.6 is 0 Å². The molecule has 0 saturated heterocycles. The first kappa shape index (κ1) is 7.56. The minimum Gasteiger partial charge on any atom is -0.443 e. The standard InChI is InChI=1S/C12H9NO/c1-8-6-11-12(13-7-14-11)10-5-3-2-4-9(8)10/h2-7H,1H3. The number of rotatable bonds is 0. The average molecular weight is 183 g/mol. The van der Waals surface area contributed by atoms with Crippen LogP contribution in [-0.2, 0) is 0 Å². The van der Waals surface area contributed by atoms with Gasteiger partial charge in [0.25, 0.3) is 0 Å². The topological polar surface area (TPSA) is 26.0 Å². The highest BCUT2D eigenvalue weighted by Crippen LogP contribution is 2.26. The molecule has 0 spiro atoms. The van der Waals surface area contributed by atoms with E-state index in [2.05, 4.69) is 24.0 Å². The van der Waals surface area contributed by atoms with Crippen molar-refractivity contribution in [1.82, 2.24) is 4.98 Å². The third-order valence-corrected chi connectivity index (χ3v) is 2.55. The first-order valence-corrected chi connectivity index (χ1v) is 4.58. The van der Waals surface area contributed by atoms with Gasteiger partial charge >= 0.3 is 0 Å². The summed E-state index contributed by atoms with van der Waals surface area (Å²) in [7, 11) is 0. The van der Waals surface area contributed by atoms with Gasteiger partial charge in [-0.05, 0) is 23.9 Å². The van der Waals surface area contributed by atoms with E-state index in [0.717, 1.165) is 16.5 Å². The van der Waals surface area contributed by atoms with Gasteiger partial charge in [0, 0.05) is 5.39 Å². The first-order chi connectivity index (χ1) is 6.86. The number of aromatic nitrogens is 1. The van der Waals surface area contributed by atoms with E-state index >= 15 is 0 Å². The molecule has 3 rings (SSSR count). The van der Waals surface area contributed by atoms with Gasteiger partial charge in [-0.15, -0.1) is 0 Å². The molecule has 2 heteroatoms. The van der Waals surface area contributed by atoms with Crippen LogP contribution < -0.4 is 0 Å². The van der Waals surface area contributed by atoms with Gasteiger partial charge in [0.2, 0.25) is 0 Å². The maximum absolute atomic E-state index is 5.30. The molecule has 0 fully saturated rings. The van der Waals surface area contributed by atoms with Crippen molar-refractivity contribution in [3.05, 3.63) is 42.3 Å². The van der Waals surface area contributed by atoms with Crippen molar-refractivity contribution in [1.29, 1.82) is 0 Å². The van der Waals surface area contributed by atoms with Crippen LogP contribution in [0.25, 0.3) is 21.9 Å². The number of aryl methyl sites for hydroxylation is 1. The second kappa shape index (κ2) is 2.58. The molecule has 2 aromatic carbocycles. The molecular weight excluding hydrogens is 174 g/mol. The Labute approximate surface area is 81.2 Å². The summed E-state index contributed by atoms with van der Waals surface area (Å²) in [5, 5.41) is 2.41. The molecule has 0 atom stereocenters. The Bertz CT molecular complexity index is 610. The summed E-state index contributed by atoms with van der Waals surface area (Å²) in [6, 6.07) is 10.3. The van der Waals surface area contributed by atoms with Gasteiger partial charge in [-0.2, -0.15) is 0 Å². The van der Waals surface area contributed by atoms with Crippen LogP contribution in [-0.4, -0.2) is 4.98 Å². The number of nitrogens with zero attached hydrogens (tertiary/aromatic N) is 1. The Morgan fingerprint density at radius 1 is 1.14 bits per heavy atom. The van der Waals surface area contributed by atoms with E-state index in [4.69, 9.17) is 4.42 Å². The lowest BCUT2D eigenvalue weighted by molar-refractivity contribution is 0.602. The Hall–Kier alpha value is -1.83. The zero-order valence-corrected chi connectivity index (χ0v) is 7.82. The Morgan fingerprint density at radius 3 is 2.79 bits per heavy atom. The number of benzene rings is 2. The fraction of sp³-hybridized carbons (Fsp3) is 0.0833. The van der Waals surface area contributed by atoms with Gasteiger partial charge in [0.1, 0.15) is 5.52 Å². The van der Waals surface area contributed by atoms with E-state index < -0.39 is 0 Å². The minimum atomic E-state index is 0.862. The van der Waals surface area contributed by atoms with Gasteiger partial charge in [0.15, 0.2) is 12.0 Å². The van der Waals surface area contributed by atoms with Crippen molar-refractivity contribution in [2.45, 2.75) is 6.92 Å². The predicted molar refractivity (Wildman–Crippen MR) is 56.3 cm³/mol. The molecule has 0 N–H and O–H groups in total. The van der Waals surface area contributed by atoms with E-state index in [-0.39, 0.29) is 0 Å². The van der Waals surface area contributed by atoms with Crippen molar-refractivity contribution >= 4 is 21.9 Å².